The molecule has 0 saturated carbocycles. The maximum Gasteiger partial charge on any atom is 0.343 e. The van der Waals surface area contributed by atoms with Crippen LogP contribution in [-0.2, 0) is 11.8 Å². The van der Waals surface area contributed by atoms with Crippen LogP contribution < -0.4 is 17.0 Å². The van der Waals surface area contributed by atoms with Gasteiger partial charge in [0.15, 0.2) is 5.16 Å². The van der Waals surface area contributed by atoms with E-state index in [-0.39, 0.29) is 11.6 Å². The average molecular weight is 217 g/mol. The summed E-state index contributed by atoms with van der Waals surface area (Å²) >= 11 is 1.32. The van der Waals surface area contributed by atoms with Crippen LogP contribution in [-0.4, -0.2) is 26.4 Å². The third-order valence-corrected chi connectivity index (χ3v) is 2.59. The van der Waals surface area contributed by atoms with Crippen LogP contribution in [0.5, 0.6) is 0 Å². The molecule has 0 saturated heterocycles. The topological polar surface area (TPSA) is 106 Å². The second-order valence-electron chi connectivity index (χ2n) is 2.54. The molecule has 0 fully saturated rings. The van der Waals surface area contributed by atoms with E-state index in [2.05, 4.69) is 10.2 Å². The van der Waals surface area contributed by atoms with E-state index in [1.807, 2.05) is 5.43 Å². The zero-order valence-corrected chi connectivity index (χ0v) is 8.43. The number of H-pyrrole nitrogens is 1. The summed E-state index contributed by atoms with van der Waals surface area (Å²) in [6.45, 7) is 0. The van der Waals surface area contributed by atoms with Crippen molar-refractivity contribution in [2.24, 2.45) is 12.9 Å². The number of nitrogens with zero attached hydrogens (tertiary/aromatic N) is 2. The molecule has 0 unspecified atom stereocenters. The first-order chi connectivity index (χ1) is 6.65. The Labute approximate surface area is 84.0 Å². The van der Waals surface area contributed by atoms with Crippen molar-refractivity contribution in [3.63, 3.8) is 0 Å². The molecule has 1 rings (SSSR count). The number of hydrazine groups is 1. The normalized spacial score (nSPS) is 10.1. The van der Waals surface area contributed by atoms with Crippen LogP contribution in [0.2, 0.25) is 0 Å². The Balaban J connectivity index is 2.43. The minimum atomic E-state index is -0.268. The van der Waals surface area contributed by atoms with Gasteiger partial charge in [-0.1, -0.05) is 11.8 Å². The lowest BCUT2D eigenvalue weighted by Crippen LogP contribution is -2.30. The highest BCUT2D eigenvalue weighted by molar-refractivity contribution is 7.99. The molecule has 0 aliphatic heterocycles. The Morgan fingerprint density at radius 1 is 1.79 bits per heavy atom. The summed E-state index contributed by atoms with van der Waals surface area (Å²) in [7, 11) is 1.61. The molecular formula is C6H11N5O2S. The minimum absolute atomic E-state index is 0.238. The molecule has 1 heterocycles. The fraction of sp³-hybridized carbons (Fsp3) is 0.500. The second kappa shape index (κ2) is 4.82. The molecule has 14 heavy (non-hydrogen) atoms. The molecule has 4 N–H and O–H groups in total. The number of hydrogen-bond donors (Lipinski definition) is 3. The first-order valence-electron chi connectivity index (χ1n) is 3.88. The first kappa shape index (κ1) is 10.8. The van der Waals surface area contributed by atoms with Crippen LogP contribution in [0.4, 0.5) is 0 Å². The molecule has 0 spiro atoms. The van der Waals surface area contributed by atoms with Crippen LogP contribution in [0, 0.1) is 0 Å². The molecule has 0 radical (unpaired) electrons. The Bertz CT molecular complexity index is 371. The summed E-state index contributed by atoms with van der Waals surface area (Å²) < 4.78 is 1.38. The Morgan fingerprint density at radius 3 is 3.00 bits per heavy atom. The molecule has 1 amide bonds. The molecule has 1 aromatic heterocycles. The predicted octanol–water partition coefficient (Wildman–Crippen LogP) is -1.42. The standard InChI is InChI=1S/C6H11N5O2S/c1-11-5(13)9-10-6(11)14-3-2-4(12)8-7/h2-3,7H2,1H3,(H,8,12)(H,9,13). The molecule has 0 aromatic carbocycles. The van der Waals surface area contributed by atoms with Gasteiger partial charge in [-0.05, 0) is 0 Å². The van der Waals surface area contributed by atoms with Gasteiger partial charge in [-0.2, -0.15) is 0 Å². The summed E-state index contributed by atoms with van der Waals surface area (Å²) in [5.74, 6) is 5.19. The van der Waals surface area contributed by atoms with Crippen molar-refractivity contribution in [2.45, 2.75) is 11.6 Å². The van der Waals surface area contributed by atoms with Crippen molar-refractivity contribution in [3.8, 4) is 0 Å². The molecular weight excluding hydrogens is 206 g/mol. The van der Waals surface area contributed by atoms with Crippen LogP contribution in [0.25, 0.3) is 0 Å². The zero-order chi connectivity index (χ0) is 10.6. The molecule has 78 valence electrons. The molecule has 1 aromatic rings. The van der Waals surface area contributed by atoms with Gasteiger partial charge in [-0.25, -0.2) is 15.7 Å². The molecule has 0 aliphatic rings. The van der Waals surface area contributed by atoms with Gasteiger partial charge in [-0.15, -0.1) is 5.10 Å². The van der Waals surface area contributed by atoms with E-state index in [4.69, 9.17) is 5.84 Å². The van der Waals surface area contributed by atoms with Crippen LogP contribution in [0.15, 0.2) is 9.95 Å². The van der Waals surface area contributed by atoms with Crippen molar-refractivity contribution >= 4 is 17.7 Å². The summed E-state index contributed by atoms with van der Waals surface area (Å²) in [6, 6.07) is 0. The van der Waals surface area contributed by atoms with Crippen molar-refractivity contribution in [1.82, 2.24) is 20.2 Å². The fourth-order valence-electron chi connectivity index (χ4n) is 0.769. The van der Waals surface area contributed by atoms with Crippen LogP contribution >= 0.6 is 11.8 Å². The minimum Gasteiger partial charge on any atom is -0.294 e. The number of rotatable bonds is 4. The number of nitrogens with two attached hydrogens (primary N) is 1. The zero-order valence-electron chi connectivity index (χ0n) is 7.61. The van der Waals surface area contributed by atoms with Gasteiger partial charge < -0.3 is 0 Å². The predicted molar refractivity (Wildman–Crippen MR) is 51.5 cm³/mol. The van der Waals surface area contributed by atoms with E-state index in [1.165, 1.54) is 16.3 Å². The van der Waals surface area contributed by atoms with Crippen molar-refractivity contribution in [1.29, 1.82) is 0 Å². The molecule has 0 bridgehead atoms. The van der Waals surface area contributed by atoms with Gasteiger partial charge in [0, 0.05) is 19.2 Å². The van der Waals surface area contributed by atoms with Crippen LogP contribution in [0.1, 0.15) is 6.42 Å². The monoisotopic (exact) mass is 217 g/mol. The van der Waals surface area contributed by atoms with Gasteiger partial charge in [0.2, 0.25) is 5.91 Å². The fourth-order valence-corrected chi connectivity index (χ4v) is 1.63. The molecule has 8 heteroatoms. The maximum absolute atomic E-state index is 10.9. The number of hydrogen-bond acceptors (Lipinski definition) is 5. The molecule has 0 atom stereocenters. The highest BCUT2D eigenvalue weighted by Gasteiger charge is 2.05. The highest BCUT2D eigenvalue weighted by atomic mass is 32.2. The lowest BCUT2D eigenvalue weighted by atomic mass is 10.5. The van der Waals surface area contributed by atoms with Crippen molar-refractivity contribution < 1.29 is 4.79 Å². The third kappa shape index (κ3) is 2.60. The Kier molecular flexibility index (Phi) is 3.72. The summed E-state index contributed by atoms with van der Waals surface area (Å²) in [5.41, 5.74) is 1.75. The summed E-state index contributed by atoms with van der Waals surface area (Å²) in [5, 5.41) is 6.62. The Morgan fingerprint density at radius 2 is 2.50 bits per heavy atom. The van der Waals surface area contributed by atoms with E-state index < -0.39 is 0 Å². The number of amides is 1. The summed E-state index contributed by atoms with van der Waals surface area (Å²) in [4.78, 5) is 21.7. The van der Waals surface area contributed by atoms with Gasteiger partial charge in [0.1, 0.15) is 0 Å². The molecule has 0 aliphatic carbocycles. The number of thioether (sulfide) groups is 1. The number of nitrogens with one attached hydrogen (secondary N) is 2. The van der Waals surface area contributed by atoms with E-state index >= 15 is 0 Å². The van der Waals surface area contributed by atoms with Crippen molar-refractivity contribution in [2.75, 3.05) is 5.75 Å². The second-order valence-corrected chi connectivity index (χ2v) is 3.60. The third-order valence-electron chi connectivity index (χ3n) is 1.56. The van der Waals surface area contributed by atoms with E-state index in [9.17, 15) is 9.59 Å². The number of aromatic amines is 1. The highest BCUT2D eigenvalue weighted by Crippen LogP contribution is 2.12. The van der Waals surface area contributed by atoms with E-state index in [0.717, 1.165) is 0 Å². The van der Waals surface area contributed by atoms with E-state index in [0.29, 0.717) is 17.3 Å². The first-order valence-corrected chi connectivity index (χ1v) is 4.87. The van der Waals surface area contributed by atoms with Gasteiger partial charge >= 0.3 is 5.69 Å². The van der Waals surface area contributed by atoms with Gasteiger partial charge in [0.05, 0.1) is 0 Å². The quantitative estimate of drug-likeness (QED) is 0.248. The van der Waals surface area contributed by atoms with Crippen molar-refractivity contribution in [3.05, 3.63) is 10.5 Å². The SMILES string of the molecule is Cn1c(SCCC(=O)NN)n[nH]c1=O. The van der Waals surface area contributed by atoms with Gasteiger partial charge in [0.25, 0.3) is 0 Å². The van der Waals surface area contributed by atoms with Gasteiger partial charge in [-0.3, -0.25) is 14.8 Å². The number of carbonyl (C=O) groups is 1. The average Bonchev–Trinajstić information content (AvgIpc) is 2.49. The number of aromatic nitrogens is 3. The number of carbonyl (C=O) groups excluding carboxylic acids is 1. The van der Waals surface area contributed by atoms with E-state index in [1.54, 1.807) is 7.05 Å². The largest absolute Gasteiger partial charge is 0.343 e. The Hall–Kier alpha value is -1.28. The smallest absolute Gasteiger partial charge is 0.294 e. The molecule has 7 nitrogen and oxygen atoms in total. The lowest BCUT2D eigenvalue weighted by Gasteiger charge is -1.98. The maximum atomic E-state index is 10.9. The lowest BCUT2D eigenvalue weighted by molar-refractivity contribution is -0.120. The van der Waals surface area contributed by atoms with Crippen LogP contribution in [0.3, 0.4) is 0 Å². The summed E-state index contributed by atoms with van der Waals surface area (Å²) in [6.07, 6.45) is 0.294.